The second-order valence-corrected chi connectivity index (χ2v) is 11.3. The van der Waals surface area contributed by atoms with Gasteiger partial charge >= 0.3 is 11.9 Å². The molecular formula is C27H40O9. The zero-order chi connectivity index (χ0) is 27.6. The molecule has 2 aliphatic carbocycles. The lowest BCUT2D eigenvalue weighted by atomic mass is 9.42. The van der Waals surface area contributed by atoms with Crippen LogP contribution in [-0.4, -0.2) is 61.7 Å². The molecule has 0 aliphatic heterocycles. The number of carbonyl (C=O) groups excluding carboxylic acids is 3. The highest BCUT2D eigenvalue weighted by atomic mass is 16.5. The fraction of sp³-hybridized carbons (Fsp3) is 0.704. The van der Waals surface area contributed by atoms with E-state index in [1.807, 2.05) is 13.8 Å². The van der Waals surface area contributed by atoms with E-state index in [0.717, 1.165) is 12.2 Å². The largest absolute Gasteiger partial charge is 0.515 e. The van der Waals surface area contributed by atoms with Crippen LogP contribution < -0.4 is 0 Å². The number of esters is 1. The maximum atomic E-state index is 13.7. The standard InChI is InChI=1S/C27H40O9/c1-7-17(14-36-21(32)11-15(2)10-20(30)31)23-26(5,19(29)8-9-28)22-16(3)12-25(4,34)13-18(22)24(33)27(23,6)35/h8-10,16-18,22-23,28,34-35H,7,11-14H2,1-6H3,(H,30,31)/b9-8+,15-10+/t16-,17+,18+,22+,23-,25-,26-,27+/m1/s1. The van der Waals surface area contributed by atoms with Gasteiger partial charge in [-0.3, -0.25) is 14.4 Å². The molecule has 0 bridgehead atoms. The van der Waals surface area contributed by atoms with Crippen LogP contribution in [0.1, 0.15) is 67.2 Å². The van der Waals surface area contributed by atoms with E-state index in [4.69, 9.17) is 9.84 Å². The number of Topliss-reactive ketones (excluding diaryl/α,β-unsaturated/α-hetero) is 1. The van der Waals surface area contributed by atoms with Crippen molar-refractivity contribution < 1.29 is 44.3 Å². The van der Waals surface area contributed by atoms with Gasteiger partial charge in [0, 0.05) is 29.4 Å². The number of allylic oxidation sites excluding steroid dienone is 1. The zero-order valence-corrected chi connectivity index (χ0v) is 22.0. The van der Waals surface area contributed by atoms with Gasteiger partial charge in [0.25, 0.3) is 0 Å². The summed E-state index contributed by atoms with van der Waals surface area (Å²) < 4.78 is 5.44. The van der Waals surface area contributed by atoms with Crippen molar-refractivity contribution in [2.24, 2.45) is 35.0 Å². The number of ketones is 2. The third-order valence-corrected chi connectivity index (χ3v) is 8.25. The molecule has 9 nitrogen and oxygen atoms in total. The second kappa shape index (κ2) is 10.8. The lowest BCUT2D eigenvalue weighted by Crippen LogP contribution is -2.69. The van der Waals surface area contributed by atoms with Crippen molar-refractivity contribution in [3.05, 3.63) is 24.0 Å². The highest BCUT2D eigenvalue weighted by Crippen LogP contribution is 2.61. The first-order chi connectivity index (χ1) is 16.5. The van der Waals surface area contributed by atoms with Crippen LogP contribution in [0.15, 0.2) is 24.0 Å². The van der Waals surface area contributed by atoms with Crippen molar-refractivity contribution in [1.82, 2.24) is 0 Å². The highest BCUT2D eigenvalue weighted by Gasteiger charge is 2.68. The molecule has 0 amide bonds. The number of hydrogen-bond acceptors (Lipinski definition) is 8. The summed E-state index contributed by atoms with van der Waals surface area (Å²) in [6, 6.07) is 0. The van der Waals surface area contributed by atoms with Gasteiger partial charge in [-0.25, -0.2) is 4.79 Å². The Balaban J connectivity index is 2.51. The van der Waals surface area contributed by atoms with Crippen molar-refractivity contribution in [3.8, 4) is 0 Å². The Kier molecular flexibility index (Phi) is 8.95. The summed E-state index contributed by atoms with van der Waals surface area (Å²) in [5, 5.41) is 40.8. The van der Waals surface area contributed by atoms with Crippen molar-refractivity contribution >= 4 is 23.5 Å². The van der Waals surface area contributed by atoms with E-state index >= 15 is 0 Å². The normalized spacial score (nSPS) is 37.9. The Labute approximate surface area is 212 Å². The number of carboxylic acid groups (broad SMARTS) is 1. The molecule has 0 unspecified atom stereocenters. The third kappa shape index (κ3) is 5.72. The van der Waals surface area contributed by atoms with Crippen LogP contribution in [-0.2, 0) is 23.9 Å². The summed E-state index contributed by atoms with van der Waals surface area (Å²) in [5.41, 5.74) is -4.09. The van der Waals surface area contributed by atoms with Gasteiger partial charge in [-0.15, -0.1) is 0 Å². The number of aliphatic carboxylic acids is 1. The number of fused-ring (bicyclic) bond motifs is 1. The maximum absolute atomic E-state index is 13.7. The van der Waals surface area contributed by atoms with Gasteiger partial charge < -0.3 is 25.2 Å². The van der Waals surface area contributed by atoms with E-state index in [-0.39, 0.29) is 25.4 Å². The Hall–Kier alpha value is -2.52. The minimum atomic E-state index is -1.96. The highest BCUT2D eigenvalue weighted by molar-refractivity contribution is 6.00. The number of aliphatic hydroxyl groups is 3. The first-order valence-electron chi connectivity index (χ1n) is 12.4. The Bertz CT molecular complexity index is 945. The van der Waals surface area contributed by atoms with E-state index in [1.165, 1.54) is 13.8 Å². The van der Waals surface area contributed by atoms with Crippen LogP contribution in [0.3, 0.4) is 0 Å². The molecule has 2 saturated carbocycles. The number of rotatable bonds is 9. The van der Waals surface area contributed by atoms with Crippen LogP contribution in [0.2, 0.25) is 0 Å². The molecular weight excluding hydrogens is 468 g/mol. The van der Waals surface area contributed by atoms with E-state index < -0.39 is 63.8 Å². The molecule has 2 rings (SSSR count). The van der Waals surface area contributed by atoms with Gasteiger partial charge in [-0.1, -0.05) is 26.3 Å². The summed E-state index contributed by atoms with van der Waals surface area (Å²) in [5.74, 6) is -5.78. The topological polar surface area (TPSA) is 158 Å². The minimum absolute atomic E-state index is 0.108. The van der Waals surface area contributed by atoms with E-state index in [0.29, 0.717) is 24.7 Å². The molecule has 0 radical (unpaired) electrons. The smallest absolute Gasteiger partial charge is 0.328 e. The number of ether oxygens (including phenoxy) is 1. The van der Waals surface area contributed by atoms with Gasteiger partial charge in [0.15, 0.2) is 11.6 Å². The van der Waals surface area contributed by atoms with E-state index in [2.05, 4.69) is 0 Å². The first kappa shape index (κ1) is 29.7. The van der Waals surface area contributed by atoms with Gasteiger partial charge in [0.1, 0.15) is 5.60 Å². The molecule has 2 fully saturated rings. The number of carboxylic acids is 1. The summed E-state index contributed by atoms with van der Waals surface area (Å²) in [4.78, 5) is 50.5. The fourth-order valence-electron chi connectivity index (χ4n) is 7.19. The fourth-order valence-corrected chi connectivity index (χ4v) is 7.19. The maximum Gasteiger partial charge on any atom is 0.328 e. The summed E-state index contributed by atoms with van der Waals surface area (Å²) in [7, 11) is 0. The number of hydrogen-bond donors (Lipinski definition) is 4. The third-order valence-electron chi connectivity index (χ3n) is 8.25. The van der Waals surface area contributed by atoms with Crippen LogP contribution in [0, 0.1) is 35.0 Å². The molecule has 8 atom stereocenters. The second-order valence-electron chi connectivity index (χ2n) is 11.3. The van der Waals surface area contributed by atoms with Crippen molar-refractivity contribution in [1.29, 1.82) is 0 Å². The van der Waals surface area contributed by atoms with E-state index in [1.54, 1.807) is 13.8 Å². The van der Waals surface area contributed by atoms with Crippen LogP contribution in [0.25, 0.3) is 0 Å². The van der Waals surface area contributed by atoms with Crippen molar-refractivity contribution in [2.45, 2.75) is 78.4 Å². The predicted octanol–water partition coefficient (Wildman–Crippen LogP) is 2.99. The molecule has 4 N–H and O–H groups in total. The Morgan fingerprint density at radius 2 is 1.78 bits per heavy atom. The molecule has 9 heteroatoms. The molecule has 0 heterocycles. The lowest BCUT2D eigenvalue weighted by molar-refractivity contribution is -0.206. The van der Waals surface area contributed by atoms with Gasteiger partial charge in [-0.2, -0.15) is 0 Å². The molecule has 0 aromatic rings. The average molecular weight is 509 g/mol. The van der Waals surface area contributed by atoms with Gasteiger partial charge in [-0.05, 0) is 57.8 Å². The lowest BCUT2D eigenvalue weighted by Gasteiger charge is -2.61. The molecule has 202 valence electrons. The SMILES string of the molecule is CC[C@@H](COC(=O)C/C(C)=C/C(=O)O)[C@@H]1[C@](C)(C(=O)/C=C/O)[C@H]2[C@H](C)C[C@@](C)(O)C[C@@H]2C(=O)[C@@]1(C)O. The van der Waals surface area contributed by atoms with Gasteiger partial charge in [0.2, 0.25) is 0 Å². The number of carbonyl (C=O) groups is 4. The predicted molar refractivity (Wildman–Crippen MR) is 131 cm³/mol. The van der Waals surface area contributed by atoms with E-state index in [9.17, 15) is 34.5 Å². The molecule has 0 aromatic carbocycles. The molecule has 0 saturated heterocycles. The Morgan fingerprint density at radius 1 is 1.17 bits per heavy atom. The van der Waals surface area contributed by atoms with Crippen LogP contribution in [0.5, 0.6) is 0 Å². The number of aliphatic hydroxyl groups excluding tert-OH is 1. The Morgan fingerprint density at radius 3 is 2.31 bits per heavy atom. The zero-order valence-electron chi connectivity index (χ0n) is 22.0. The quantitative estimate of drug-likeness (QED) is 0.209. The van der Waals surface area contributed by atoms with Crippen molar-refractivity contribution in [3.63, 3.8) is 0 Å². The average Bonchev–Trinajstić information content (AvgIpc) is 2.72. The minimum Gasteiger partial charge on any atom is -0.515 e. The summed E-state index contributed by atoms with van der Waals surface area (Å²) in [6.45, 7) is 9.72. The summed E-state index contributed by atoms with van der Waals surface area (Å²) in [6.07, 6.45) is 3.21. The molecule has 36 heavy (non-hydrogen) atoms. The van der Waals surface area contributed by atoms with Gasteiger partial charge in [0.05, 0.1) is 24.9 Å². The molecule has 0 aromatic heterocycles. The van der Waals surface area contributed by atoms with Crippen LogP contribution >= 0.6 is 0 Å². The summed E-state index contributed by atoms with van der Waals surface area (Å²) >= 11 is 0. The molecule has 0 spiro atoms. The first-order valence-corrected chi connectivity index (χ1v) is 12.4. The van der Waals surface area contributed by atoms with Crippen LogP contribution in [0.4, 0.5) is 0 Å². The monoisotopic (exact) mass is 508 g/mol. The van der Waals surface area contributed by atoms with Crippen molar-refractivity contribution in [2.75, 3.05) is 6.61 Å². The molecule has 2 aliphatic rings.